The van der Waals surface area contributed by atoms with E-state index in [2.05, 4.69) is 64.8 Å². The Hall–Kier alpha value is -1.63. The predicted octanol–water partition coefficient (Wildman–Crippen LogP) is 2.12. The van der Waals surface area contributed by atoms with Crippen molar-refractivity contribution in [1.82, 2.24) is 15.5 Å². The summed E-state index contributed by atoms with van der Waals surface area (Å²) in [5.74, 6) is 0.884. The van der Waals surface area contributed by atoms with Crippen LogP contribution in [0.3, 0.4) is 0 Å². The second-order valence-electron chi connectivity index (χ2n) is 6.22. The Bertz CT molecular complexity index is 468. The Morgan fingerprint density at radius 1 is 1.08 bits per heavy atom. The fourth-order valence-electron chi connectivity index (χ4n) is 2.47. The van der Waals surface area contributed by atoms with E-state index in [9.17, 15) is 0 Å². The lowest BCUT2D eigenvalue weighted by Crippen LogP contribution is -2.38. The molecule has 1 aromatic rings. The zero-order valence-electron chi connectivity index (χ0n) is 16.7. The van der Waals surface area contributed by atoms with Gasteiger partial charge in [-0.25, -0.2) is 0 Å². The van der Waals surface area contributed by atoms with E-state index in [1.807, 2.05) is 0 Å². The zero-order valence-corrected chi connectivity index (χ0v) is 16.7. The van der Waals surface area contributed by atoms with Crippen molar-refractivity contribution < 1.29 is 9.47 Å². The van der Waals surface area contributed by atoms with Gasteiger partial charge in [-0.1, -0.05) is 30.3 Å². The van der Waals surface area contributed by atoms with Gasteiger partial charge in [0.25, 0.3) is 0 Å². The van der Waals surface area contributed by atoms with Crippen LogP contribution in [-0.2, 0) is 16.0 Å². The van der Waals surface area contributed by atoms with Crippen molar-refractivity contribution in [3.8, 4) is 0 Å². The zero-order chi connectivity index (χ0) is 18.9. The maximum absolute atomic E-state index is 5.45. The number of ether oxygens (including phenoxy) is 2. The molecule has 0 bridgehead atoms. The van der Waals surface area contributed by atoms with Crippen LogP contribution in [0.5, 0.6) is 0 Å². The lowest BCUT2D eigenvalue weighted by Gasteiger charge is -2.17. The fraction of sp³-hybridized carbons (Fsp3) is 0.650. The molecule has 6 heteroatoms. The Balaban J connectivity index is 2.14. The van der Waals surface area contributed by atoms with Crippen molar-refractivity contribution in [2.45, 2.75) is 26.3 Å². The van der Waals surface area contributed by atoms with Crippen molar-refractivity contribution in [2.24, 2.45) is 4.99 Å². The highest BCUT2D eigenvalue weighted by Crippen LogP contribution is 2.02. The van der Waals surface area contributed by atoms with Crippen molar-refractivity contribution in [3.05, 3.63) is 35.9 Å². The van der Waals surface area contributed by atoms with Crippen molar-refractivity contribution >= 4 is 5.96 Å². The first-order valence-corrected chi connectivity index (χ1v) is 9.57. The van der Waals surface area contributed by atoms with Crippen LogP contribution in [0.25, 0.3) is 0 Å². The minimum Gasteiger partial charge on any atom is -0.382 e. The topological polar surface area (TPSA) is 58.1 Å². The van der Waals surface area contributed by atoms with Gasteiger partial charge in [-0.05, 0) is 38.9 Å². The van der Waals surface area contributed by atoms with Crippen molar-refractivity contribution in [1.29, 1.82) is 0 Å². The smallest absolute Gasteiger partial charge is 0.191 e. The molecule has 0 unspecified atom stereocenters. The second-order valence-corrected chi connectivity index (χ2v) is 6.22. The molecule has 0 aliphatic rings. The first-order valence-electron chi connectivity index (χ1n) is 9.57. The van der Waals surface area contributed by atoms with Crippen LogP contribution in [-0.4, -0.2) is 71.0 Å². The van der Waals surface area contributed by atoms with E-state index in [4.69, 9.17) is 9.47 Å². The van der Waals surface area contributed by atoms with Gasteiger partial charge < -0.3 is 25.0 Å². The number of nitrogens with zero attached hydrogens (tertiary/aromatic N) is 2. The van der Waals surface area contributed by atoms with E-state index in [1.165, 1.54) is 5.56 Å². The fourth-order valence-corrected chi connectivity index (χ4v) is 2.47. The van der Waals surface area contributed by atoms with Gasteiger partial charge in [-0.2, -0.15) is 0 Å². The summed E-state index contributed by atoms with van der Waals surface area (Å²) in [5, 5.41) is 6.69. The van der Waals surface area contributed by atoms with E-state index in [1.54, 1.807) is 7.11 Å². The summed E-state index contributed by atoms with van der Waals surface area (Å²) < 4.78 is 10.4. The Kier molecular flexibility index (Phi) is 13.5. The Morgan fingerprint density at radius 2 is 1.88 bits per heavy atom. The number of nitrogens with one attached hydrogen (secondary N) is 2. The summed E-state index contributed by atoms with van der Waals surface area (Å²) in [7, 11) is 3.84. The second kappa shape index (κ2) is 15.6. The summed E-state index contributed by atoms with van der Waals surface area (Å²) in [5.41, 5.74) is 1.35. The molecule has 148 valence electrons. The van der Waals surface area contributed by atoms with E-state index >= 15 is 0 Å². The monoisotopic (exact) mass is 364 g/mol. The highest BCUT2D eigenvalue weighted by atomic mass is 16.5. The number of benzene rings is 1. The van der Waals surface area contributed by atoms with E-state index in [-0.39, 0.29) is 0 Å². The highest BCUT2D eigenvalue weighted by molar-refractivity contribution is 5.79. The van der Waals surface area contributed by atoms with Gasteiger partial charge in [0.05, 0.1) is 13.2 Å². The van der Waals surface area contributed by atoms with Gasteiger partial charge in [-0.3, -0.25) is 4.99 Å². The van der Waals surface area contributed by atoms with Gasteiger partial charge >= 0.3 is 0 Å². The predicted molar refractivity (Wildman–Crippen MR) is 109 cm³/mol. The molecule has 0 radical (unpaired) electrons. The third kappa shape index (κ3) is 11.8. The molecule has 0 saturated carbocycles. The Morgan fingerprint density at radius 3 is 2.62 bits per heavy atom. The lowest BCUT2D eigenvalue weighted by atomic mass is 10.2. The van der Waals surface area contributed by atoms with Crippen LogP contribution in [0.2, 0.25) is 0 Å². The maximum atomic E-state index is 5.45. The molecule has 0 aromatic heterocycles. The molecule has 0 atom stereocenters. The van der Waals surface area contributed by atoms with Crippen LogP contribution in [0.4, 0.5) is 0 Å². The molecule has 0 saturated heterocycles. The van der Waals surface area contributed by atoms with Crippen LogP contribution in [0.15, 0.2) is 35.3 Å². The molecule has 2 N–H and O–H groups in total. The molecule has 0 spiro atoms. The first-order chi connectivity index (χ1) is 12.8. The number of guanidine groups is 1. The number of aliphatic imine (C=N–C) groups is 1. The lowest BCUT2D eigenvalue weighted by molar-refractivity contribution is 0.0702. The molecule has 1 aromatic carbocycles. The molecular weight excluding hydrogens is 328 g/mol. The van der Waals surface area contributed by atoms with Crippen LogP contribution >= 0.6 is 0 Å². The van der Waals surface area contributed by atoms with Crippen LogP contribution in [0.1, 0.15) is 25.3 Å². The average molecular weight is 365 g/mol. The summed E-state index contributed by atoms with van der Waals surface area (Å²) in [6.45, 7) is 8.67. The quantitative estimate of drug-likeness (QED) is 0.301. The first kappa shape index (κ1) is 22.4. The average Bonchev–Trinajstić information content (AvgIpc) is 2.65. The minimum absolute atomic E-state index is 0.645. The number of hydrogen-bond acceptors (Lipinski definition) is 4. The third-order valence-electron chi connectivity index (χ3n) is 3.80. The molecular formula is C20H36N4O2. The normalized spacial score (nSPS) is 11.8. The number of hydrogen-bond donors (Lipinski definition) is 2. The van der Waals surface area contributed by atoms with Gasteiger partial charge in [0.1, 0.15) is 0 Å². The van der Waals surface area contributed by atoms with Gasteiger partial charge in [0.15, 0.2) is 5.96 Å². The molecule has 0 heterocycles. The number of rotatable bonds is 14. The standard InChI is InChI=1S/C20H36N4O2/c1-4-21-20(23-13-9-15-26-17-16-25-3)22-12-8-14-24(2)18-19-10-6-5-7-11-19/h5-7,10-11H,4,8-9,12-18H2,1-3H3,(H2,21,22,23). The van der Waals surface area contributed by atoms with E-state index < -0.39 is 0 Å². The molecule has 0 fully saturated rings. The van der Waals surface area contributed by atoms with Crippen LogP contribution in [0, 0.1) is 0 Å². The highest BCUT2D eigenvalue weighted by Gasteiger charge is 2.01. The largest absolute Gasteiger partial charge is 0.382 e. The molecule has 0 aliphatic heterocycles. The molecule has 26 heavy (non-hydrogen) atoms. The van der Waals surface area contributed by atoms with Gasteiger partial charge in [0.2, 0.25) is 0 Å². The van der Waals surface area contributed by atoms with Crippen molar-refractivity contribution in [2.75, 3.05) is 60.2 Å². The summed E-state index contributed by atoms with van der Waals surface area (Å²) in [6, 6.07) is 10.6. The van der Waals surface area contributed by atoms with E-state index in [0.29, 0.717) is 13.2 Å². The van der Waals surface area contributed by atoms with Crippen LogP contribution < -0.4 is 10.6 Å². The summed E-state index contributed by atoms with van der Waals surface area (Å²) in [4.78, 5) is 6.93. The molecule has 0 amide bonds. The third-order valence-corrected chi connectivity index (χ3v) is 3.80. The number of methoxy groups -OCH3 is 1. The molecule has 0 aliphatic carbocycles. The molecule has 6 nitrogen and oxygen atoms in total. The summed E-state index contributed by atoms with van der Waals surface area (Å²) in [6.07, 6.45) is 1.99. The minimum atomic E-state index is 0.645. The van der Waals surface area contributed by atoms with E-state index in [0.717, 1.165) is 58.1 Å². The SMILES string of the molecule is CCNC(=NCCCOCCOC)NCCCN(C)Cc1ccccc1. The maximum Gasteiger partial charge on any atom is 0.191 e. The summed E-state index contributed by atoms with van der Waals surface area (Å²) >= 11 is 0. The van der Waals surface area contributed by atoms with Gasteiger partial charge in [0, 0.05) is 39.9 Å². The molecule has 1 rings (SSSR count). The van der Waals surface area contributed by atoms with Crippen molar-refractivity contribution in [3.63, 3.8) is 0 Å². The van der Waals surface area contributed by atoms with Gasteiger partial charge in [-0.15, -0.1) is 0 Å². The Labute approximate surface area is 159 Å².